The van der Waals surface area contributed by atoms with Crippen LogP contribution in [0.25, 0.3) is 11.3 Å². The summed E-state index contributed by atoms with van der Waals surface area (Å²) in [5.41, 5.74) is 2.67. The normalized spacial score (nSPS) is 10.5. The first-order valence-corrected chi connectivity index (χ1v) is 8.54. The molecule has 2 aromatic carbocycles. The van der Waals surface area contributed by atoms with Gasteiger partial charge in [-0.2, -0.15) is 0 Å². The van der Waals surface area contributed by atoms with Gasteiger partial charge in [0.15, 0.2) is 5.76 Å². The highest BCUT2D eigenvalue weighted by atomic mass is 16.5. The molecule has 0 atom stereocenters. The molecule has 3 rings (SSSR count). The van der Waals surface area contributed by atoms with Crippen LogP contribution in [0.4, 0.5) is 0 Å². The second kappa shape index (κ2) is 8.34. The topological polar surface area (TPSA) is 55.6 Å². The van der Waals surface area contributed by atoms with Crippen LogP contribution >= 0.6 is 0 Å². The van der Waals surface area contributed by atoms with Crippen molar-refractivity contribution >= 4 is 5.91 Å². The van der Waals surface area contributed by atoms with Gasteiger partial charge in [0.25, 0.3) is 0 Å². The zero-order valence-electron chi connectivity index (χ0n) is 15.0. The molecular formula is C21H22N2O3. The first-order valence-electron chi connectivity index (χ1n) is 8.54. The highest BCUT2D eigenvalue weighted by Crippen LogP contribution is 2.20. The Bertz CT molecular complexity index is 858. The molecule has 0 fully saturated rings. The number of amides is 1. The maximum Gasteiger partial charge on any atom is 0.228 e. The Morgan fingerprint density at radius 2 is 1.85 bits per heavy atom. The van der Waals surface area contributed by atoms with Gasteiger partial charge in [-0.25, -0.2) is 0 Å². The molecule has 1 aromatic heterocycles. The summed E-state index contributed by atoms with van der Waals surface area (Å²) in [6.45, 7) is 0.614. The summed E-state index contributed by atoms with van der Waals surface area (Å²) < 4.78 is 10.7. The van der Waals surface area contributed by atoms with Crippen LogP contribution in [-0.4, -0.2) is 36.7 Å². The van der Waals surface area contributed by atoms with E-state index in [1.807, 2.05) is 60.7 Å². The van der Waals surface area contributed by atoms with Crippen LogP contribution in [0.1, 0.15) is 11.3 Å². The molecule has 134 valence electrons. The van der Waals surface area contributed by atoms with Crippen LogP contribution in [0, 0.1) is 0 Å². The molecule has 0 unspecified atom stereocenters. The van der Waals surface area contributed by atoms with Crippen LogP contribution in [0.15, 0.2) is 65.2 Å². The number of methoxy groups -OCH3 is 1. The molecule has 5 heteroatoms. The summed E-state index contributed by atoms with van der Waals surface area (Å²) in [4.78, 5) is 14.2. The van der Waals surface area contributed by atoms with E-state index in [2.05, 4.69) is 5.16 Å². The van der Waals surface area contributed by atoms with E-state index in [-0.39, 0.29) is 12.3 Å². The maximum atomic E-state index is 12.4. The number of rotatable bonds is 7. The molecule has 0 spiro atoms. The van der Waals surface area contributed by atoms with Gasteiger partial charge in [0.1, 0.15) is 5.75 Å². The monoisotopic (exact) mass is 350 g/mol. The number of ether oxygens (including phenoxy) is 1. The number of hydrogen-bond donors (Lipinski definition) is 0. The van der Waals surface area contributed by atoms with E-state index in [0.717, 1.165) is 23.3 Å². The minimum Gasteiger partial charge on any atom is -0.496 e. The van der Waals surface area contributed by atoms with Crippen LogP contribution in [0.3, 0.4) is 0 Å². The molecule has 0 aliphatic carbocycles. The molecule has 1 amide bonds. The van der Waals surface area contributed by atoms with E-state index in [0.29, 0.717) is 18.0 Å². The Hall–Kier alpha value is -3.08. The standard InChI is InChI=1S/C21H22N2O3/c1-23(13-12-17-10-6-7-11-19(17)25-2)21(24)15-18-14-20(26-22-18)16-8-4-3-5-9-16/h3-11,14H,12-13,15H2,1-2H3. The molecular weight excluding hydrogens is 328 g/mol. The van der Waals surface area contributed by atoms with Crippen LogP contribution in [0.2, 0.25) is 0 Å². The molecule has 0 saturated carbocycles. The lowest BCUT2D eigenvalue weighted by Crippen LogP contribution is -2.30. The number of nitrogens with zero attached hydrogens (tertiary/aromatic N) is 2. The van der Waals surface area contributed by atoms with E-state index in [1.165, 1.54) is 0 Å². The summed E-state index contributed by atoms with van der Waals surface area (Å²) in [5, 5.41) is 4.02. The molecule has 26 heavy (non-hydrogen) atoms. The summed E-state index contributed by atoms with van der Waals surface area (Å²) in [7, 11) is 3.46. The van der Waals surface area contributed by atoms with Gasteiger partial charge in [-0.1, -0.05) is 53.7 Å². The number of aromatic nitrogens is 1. The van der Waals surface area contributed by atoms with Crippen molar-refractivity contribution < 1.29 is 14.1 Å². The molecule has 0 aliphatic rings. The van der Waals surface area contributed by atoms with Crippen molar-refractivity contribution in [1.82, 2.24) is 10.1 Å². The SMILES string of the molecule is COc1ccccc1CCN(C)C(=O)Cc1cc(-c2ccccc2)on1. The van der Waals surface area contributed by atoms with Crippen LogP contribution in [-0.2, 0) is 17.6 Å². The van der Waals surface area contributed by atoms with Gasteiger partial charge in [0, 0.05) is 25.2 Å². The Labute approximate surface area is 153 Å². The van der Waals surface area contributed by atoms with E-state index in [1.54, 1.807) is 19.1 Å². The van der Waals surface area contributed by atoms with Crippen molar-refractivity contribution in [2.45, 2.75) is 12.8 Å². The zero-order chi connectivity index (χ0) is 18.4. The molecule has 0 aliphatic heterocycles. The Balaban J connectivity index is 1.57. The smallest absolute Gasteiger partial charge is 0.228 e. The number of hydrogen-bond acceptors (Lipinski definition) is 4. The second-order valence-corrected chi connectivity index (χ2v) is 6.10. The van der Waals surface area contributed by atoms with E-state index in [9.17, 15) is 4.79 Å². The fraction of sp³-hybridized carbons (Fsp3) is 0.238. The van der Waals surface area contributed by atoms with Crippen molar-refractivity contribution in [1.29, 1.82) is 0 Å². The van der Waals surface area contributed by atoms with Gasteiger partial charge in [0.05, 0.1) is 19.2 Å². The molecule has 0 saturated heterocycles. The zero-order valence-corrected chi connectivity index (χ0v) is 15.0. The molecule has 1 heterocycles. The number of benzene rings is 2. The van der Waals surface area contributed by atoms with E-state index >= 15 is 0 Å². The first-order chi connectivity index (χ1) is 12.7. The highest BCUT2D eigenvalue weighted by Gasteiger charge is 2.14. The molecule has 3 aromatic rings. The third-order valence-electron chi connectivity index (χ3n) is 4.28. The third kappa shape index (κ3) is 4.30. The van der Waals surface area contributed by atoms with Gasteiger partial charge in [-0.3, -0.25) is 4.79 Å². The minimum atomic E-state index is 0.00723. The molecule has 0 bridgehead atoms. The summed E-state index contributed by atoms with van der Waals surface area (Å²) in [6.07, 6.45) is 0.957. The fourth-order valence-corrected chi connectivity index (χ4v) is 2.75. The van der Waals surface area contributed by atoms with Gasteiger partial charge in [0.2, 0.25) is 5.91 Å². The van der Waals surface area contributed by atoms with Gasteiger partial charge >= 0.3 is 0 Å². The Morgan fingerprint density at radius 1 is 1.12 bits per heavy atom. The number of likely N-dealkylation sites (N-methyl/N-ethyl adjacent to an activating group) is 1. The number of carbonyl (C=O) groups is 1. The predicted octanol–water partition coefficient (Wildman–Crippen LogP) is 3.59. The third-order valence-corrected chi connectivity index (χ3v) is 4.28. The van der Waals surface area contributed by atoms with Crippen molar-refractivity contribution in [3.05, 3.63) is 71.9 Å². The van der Waals surface area contributed by atoms with Crippen molar-refractivity contribution in [3.8, 4) is 17.1 Å². The van der Waals surface area contributed by atoms with Crippen molar-refractivity contribution in [2.75, 3.05) is 20.7 Å². The number of para-hydroxylation sites is 1. The molecule has 5 nitrogen and oxygen atoms in total. The van der Waals surface area contributed by atoms with Gasteiger partial charge < -0.3 is 14.2 Å². The highest BCUT2D eigenvalue weighted by molar-refractivity contribution is 5.78. The second-order valence-electron chi connectivity index (χ2n) is 6.10. The summed E-state index contributed by atoms with van der Waals surface area (Å²) in [6, 6.07) is 19.4. The fourth-order valence-electron chi connectivity index (χ4n) is 2.75. The minimum absolute atomic E-state index is 0.00723. The molecule has 0 N–H and O–H groups in total. The lowest BCUT2D eigenvalue weighted by Gasteiger charge is -2.17. The lowest BCUT2D eigenvalue weighted by molar-refractivity contribution is -0.129. The van der Waals surface area contributed by atoms with Crippen molar-refractivity contribution in [2.24, 2.45) is 0 Å². The Morgan fingerprint density at radius 3 is 2.62 bits per heavy atom. The molecule has 0 radical (unpaired) electrons. The van der Waals surface area contributed by atoms with Crippen LogP contribution in [0.5, 0.6) is 5.75 Å². The predicted molar refractivity (Wildman–Crippen MR) is 100.0 cm³/mol. The first kappa shape index (κ1) is 17.7. The maximum absolute atomic E-state index is 12.4. The summed E-state index contributed by atoms with van der Waals surface area (Å²) in [5.74, 6) is 1.52. The van der Waals surface area contributed by atoms with E-state index < -0.39 is 0 Å². The van der Waals surface area contributed by atoms with E-state index in [4.69, 9.17) is 9.26 Å². The largest absolute Gasteiger partial charge is 0.496 e. The average molecular weight is 350 g/mol. The van der Waals surface area contributed by atoms with Crippen molar-refractivity contribution in [3.63, 3.8) is 0 Å². The van der Waals surface area contributed by atoms with Gasteiger partial charge in [-0.15, -0.1) is 0 Å². The quantitative estimate of drug-likeness (QED) is 0.653. The van der Waals surface area contributed by atoms with Gasteiger partial charge in [-0.05, 0) is 18.1 Å². The van der Waals surface area contributed by atoms with Crippen LogP contribution < -0.4 is 4.74 Å². The average Bonchev–Trinajstić information content (AvgIpc) is 3.15. The lowest BCUT2D eigenvalue weighted by atomic mass is 10.1. The summed E-state index contributed by atoms with van der Waals surface area (Å²) >= 11 is 0. The number of carbonyl (C=O) groups excluding carboxylic acids is 1. The Kier molecular flexibility index (Phi) is 5.69.